The SMILES string of the molecule is COc1ccc(N)c(CN(C)C(C)C(C)C)c1. The summed E-state index contributed by atoms with van der Waals surface area (Å²) in [7, 11) is 3.80. The second-order valence-electron chi connectivity index (χ2n) is 4.96. The molecule has 17 heavy (non-hydrogen) atoms. The Morgan fingerprint density at radius 3 is 2.47 bits per heavy atom. The molecule has 1 atom stereocenters. The van der Waals surface area contributed by atoms with Crippen LogP contribution in [-0.4, -0.2) is 25.1 Å². The van der Waals surface area contributed by atoms with Gasteiger partial charge in [-0.3, -0.25) is 4.90 Å². The highest BCUT2D eigenvalue weighted by Gasteiger charge is 2.14. The molecule has 0 saturated heterocycles. The summed E-state index contributed by atoms with van der Waals surface area (Å²) >= 11 is 0. The van der Waals surface area contributed by atoms with Crippen molar-refractivity contribution in [1.29, 1.82) is 0 Å². The van der Waals surface area contributed by atoms with Gasteiger partial charge in [0.1, 0.15) is 5.75 Å². The maximum Gasteiger partial charge on any atom is 0.119 e. The molecule has 3 heteroatoms. The Morgan fingerprint density at radius 2 is 1.94 bits per heavy atom. The molecule has 0 radical (unpaired) electrons. The van der Waals surface area contributed by atoms with Gasteiger partial charge >= 0.3 is 0 Å². The van der Waals surface area contributed by atoms with E-state index >= 15 is 0 Å². The van der Waals surface area contributed by atoms with E-state index in [1.807, 2.05) is 18.2 Å². The van der Waals surface area contributed by atoms with Gasteiger partial charge in [-0.15, -0.1) is 0 Å². The molecule has 0 fully saturated rings. The van der Waals surface area contributed by atoms with Gasteiger partial charge in [-0.05, 0) is 43.7 Å². The lowest BCUT2D eigenvalue weighted by atomic mass is 10.0. The summed E-state index contributed by atoms with van der Waals surface area (Å²) in [6.07, 6.45) is 0. The van der Waals surface area contributed by atoms with Crippen molar-refractivity contribution in [2.45, 2.75) is 33.4 Å². The van der Waals surface area contributed by atoms with Crippen molar-refractivity contribution in [3.63, 3.8) is 0 Å². The molecule has 2 N–H and O–H groups in total. The van der Waals surface area contributed by atoms with Crippen LogP contribution in [0.3, 0.4) is 0 Å². The predicted molar refractivity (Wildman–Crippen MR) is 73.2 cm³/mol. The fourth-order valence-electron chi connectivity index (χ4n) is 1.77. The van der Waals surface area contributed by atoms with Crippen LogP contribution in [0.4, 0.5) is 5.69 Å². The molecular formula is C14H24N2O. The van der Waals surface area contributed by atoms with E-state index in [4.69, 9.17) is 10.5 Å². The molecule has 0 saturated carbocycles. The van der Waals surface area contributed by atoms with E-state index in [9.17, 15) is 0 Å². The fraction of sp³-hybridized carbons (Fsp3) is 0.571. The van der Waals surface area contributed by atoms with Gasteiger partial charge in [0.05, 0.1) is 7.11 Å². The lowest BCUT2D eigenvalue weighted by Gasteiger charge is -2.28. The van der Waals surface area contributed by atoms with Crippen LogP contribution >= 0.6 is 0 Å². The lowest BCUT2D eigenvalue weighted by molar-refractivity contribution is 0.200. The summed E-state index contributed by atoms with van der Waals surface area (Å²) in [5.74, 6) is 1.49. The highest BCUT2D eigenvalue weighted by molar-refractivity contribution is 5.50. The van der Waals surface area contributed by atoms with Gasteiger partial charge in [-0.25, -0.2) is 0 Å². The van der Waals surface area contributed by atoms with E-state index in [1.54, 1.807) is 7.11 Å². The highest BCUT2D eigenvalue weighted by atomic mass is 16.5. The standard InChI is InChI=1S/C14H24N2O/c1-10(2)11(3)16(4)9-12-8-13(17-5)6-7-14(12)15/h6-8,10-11H,9,15H2,1-5H3. The molecule has 0 amide bonds. The molecular weight excluding hydrogens is 212 g/mol. The average molecular weight is 236 g/mol. The van der Waals surface area contributed by atoms with Crippen LogP contribution in [0.15, 0.2) is 18.2 Å². The fourth-order valence-corrected chi connectivity index (χ4v) is 1.77. The van der Waals surface area contributed by atoms with Crippen LogP contribution in [0.5, 0.6) is 5.75 Å². The minimum atomic E-state index is 0.528. The van der Waals surface area contributed by atoms with E-state index in [0.717, 1.165) is 23.5 Å². The first-order valence-corrected chi connectivity index (χ1v) is 6.08. The smallest absolute Gasteiger partial charge is 0.119 e. The number of nitrogens with two attached hydrogens (primary N) is 1. The van der Waals surface area contributed by atoms with Crippen LogP contribution < -0.4 is 10.5 Å². The van der Waals surface area contributed by atoms with Crippen molar-refractivity contribution in [2.75, 3.05) is 19.9 Å². The summed E-state index contributed by atoms with van der Waals surface area (Å²) < 4.78 is 5.23. The molecule has 1 aromatic rings. The summed E-state index contributed by atoms with van der Waals surface area (Å²) in [4.78, 5) is 2.32. The van der Waals surface area contributed by atoms with Crippen LogP contribution in [0, 0.1) is 5.92 Å². The predicted octanol–water partition coefficient (Wildman–Crippen LogP) is 2.75. The second kappa shape index (κ2) is 5.92. The van der Waals surface area contributed by atoms with Crippen molar-refractivity contribution >= 4 is 5.69 Å². The number of hydrogen-bond donors (Lipinski definition) is 1. The Hall–Kier alpha value is -1.22. The van der Waals surface area contributed by atoms with Crippen LogP contribution in [0.1, 0.15) is 26.3 Å². The number of methoxy groups -OCH3 is 1. The Morgan fingerprint density at radius 1 is 1.29 bits per heavy atom. The van der Waals surface area contributed by atoms with Gasteiger partial charge in [0.2, 0.25) is 0 Å². The first-order chi connectivity index (χ1) is 7.95. The third kappa shape index (κ3) is 3.63. The number of nitrogens with zero attached hydrogens (tertiary/aromatic N) is 1. The van der Waals surface area contributed by atoms with Crippen molar-refractivity contribution in [1.82, 2.24) is 4.90 Å². The quantitative estimate of drug-likeness (QED) is 0.799. The van der Waals surface area contributed by atoms with Gasteiger partial charge in [0.25, 0.3) is 0 Å². The van der Waals surface area contributed by atoms with Crippen LogP contribution in [-0.2, 0) is 6.54 Å². The van der Waals surface area contributed by atoms with Crippen LogP contribution in [0.25, 0.3) is 0 Å². The third-order valence-corrected chi connectivity index (χ3v) is 3.43. The molecule has 0 aliphatic rings. The minimum absolute atomic E-state index is 0.528. The van der Waals surface area contributed by atoms with Crippen molar-refractivity contribution in [3.8, 4) is 5.75 Å². The third-order valence-electron chi connectivity index (χ3n) is 3.43. The molecule has 3 nitrogen and oxygen atoms in total. The van der Waals surface area contributed by atoms with Crippen molar-refractivity contribution in [3.05, 3.63) is 23.8 Å². The molecule has 0 aliphatic heterocycles. The Bertz CT molecular complexity index is 363. The number of hydrogen-bond acceptors (Lipinski definition) is 3. The van der Waals surface area contributed by atoms with E-state index in [2.05, 4.69) is 32.7 Å². The maximum atomic E-state index is 5.99. The first-order valence-electron chi connectivity index (χ1n) is 6.08. The molecule has 1 rings (SSSR count). The Labute approximate surface area is 105 Å². The number of anilines is 1. The normalized spacial score (nSPS) is 13.1. The number of ether oxygens (including phenoxy) is 1. The zero-order chi connectivity index (χ0) is 13.0. The van der Waals surface area contributed by atoms with Gasteiger partial charge in [0.15, 0.2) is 0 Å². The Balaban J connectivity index is 2.80. The zero-order valence-corrected chi connectivity index (χ0v) is 11.5. The van der Waals surface area contributed by atoms with Gasteiger partial charge in [0, 0.05) is 18.3 Å². The van der Waals surface area contributed by atoms with Crippen molar-refractivity contribution < 1.29 is 4.74 Å². The maximum absolute atomic E-state index is 5.99. The van der Waals surface area contributed by atoms with Gasteiger partial charge in [-0.1, -0.05) is 13.8 Å². The molecule has 0 heterocycles. The topological polar surface area (TPSA) is 38.5 Å². The summed E-state index contributed by atoms with van der Waals surface area (Å²) in [6.45, 7) is 7.55. The summed E-state index contributed by atoms with van der Waals surface area (Å²) in [5, 5.41) is 0. The van der Waals surface area contributed by atoms with Gasteiger partial charge < -0.3 is 10.5 Å². The number of rotatable bonds is 5. The lowest BCUT2D eigenvalue weighted by Crippen LogP contribution is -2.32. The van der Waals surface area contributed by atoms with E-state index in [-0.39, 0.29) is 0 Å². The van der Waals surface area contributed by atoms with E-state index in [1.165, 1.54) is 0 Å². The molecule has 0 bridgehead atoms. The van der Waals surface area contributed by atoms with Crippen LogP contribution in [0.2, 0.25) is 0 Å². The molecule has 96 valence electrons. The molecule has 0 aromatic heterocycles. The molecule has 0 spiro atoms. The van der Waals surface area contributed by atoms with Gasteiger partial charge in [-0.2, -0.15) is 0 Å². The summed E-state index contributed by atoms with van der Waals surface area (Å²) in [6, 6.07) is 6.34. The van der Waals surface area contributed by atoms with E-state index in [0.29, 0.717) is 12.0 Å². The van der Waals surface area contributed by atoms with Crippen molar-refractivity contribution in [2.24, 2.45) is 5.92 Å². The summed E-state index contributed by atoms with van der Waals surface area (Å²) in [5.41, 5.74) is 7.94. The highest BCUT2D eigenvalue weighted by Crippen LogP contribution is 2.22. The largest absolute Gasteiger partial charge is 0.497 e. The molecule has 1 unspecified atom stereocenters. The minimum Gasteiger partial charge on any atom is -0.497 e. The average Bonchev–Trinajstić information content (AvgIpc) is 2.30. The molecule has 1 aromatic carbocycles. The number of benzene rings is 1. The molecule has 0 aliphatic carbocycles. The monoisotopic (exact) mass is 236 g/mol. The first kappa shape index (κ1) is 13.8. The zero-order valence-electron chi connectivity index (χ0n) is 11.5. The number of nitrogen functional groups attached to an aromatic ring is 1. The second-order valence-corrected chi connectivity index (χ2v) is 4.96. The Kier molecular flexibility index (Phi) is 4.82. The van der Waals surface area contributed by atoms with E-state index < -0.39 is 0 Å².